The molecule has 1 unspecified atom stereocenters. The summed E-state index contributed by atoms with van der Waals surface area (Å²) in [6.45, 7) is 2.57. The summed E-state index contributed by atoms with van der Waals surface area (Å²) in [7, 11) is 0. The van der Waals surface area contributed by atoms with Crippen molar-refractivity contribution in [2.45, 2.75) is 31.7 Å². The van der Waals surface area contributed by atoms with E-state index in [1.807, 2.05) is 0 Å². The van der Waals surface area contributed by atoms with Gasteiger partial charge in [0.1, 0.15) is 0 Å². The van der Waals surface area contributed by atoms with Gasteiger partial charge >= 0.3 is 6.03 Å². The van der Waals surface area contributed by atoms with Gasteiger partial charge in [-0.25, -0.2) is 4.79 Å². The van der Waals surface area contributed by atoms with E-state index in [4.69, 9.17) is 14.6 Å². The molecule has 6 heteroatoms. The van der Waals surface area contributed by atoms with Crippen molar-refractivity contribution in [2.75, 3.05) is 32.8 Å². The highest BCUT2D eigenvalue weighted by Gasteiger charge is 2.28. The predicted molar refractivity (Wildman–Crippen MR) is 60.5 cm³/mol. The van der Waals surface area contributed by atoms with Crippen molar-refractivity contribution in [2.24, 2.45) is 0 Å². The molecule has 1 atom stereocenters. The second-order valence-corrected chi connectivity index (χ2v) is 4.46. The number of carbonyl (C=O) groups is 1. The van der Waals surface area contributed by atoms with Crippen molar-refractivity contribution in [3.8, 4) is 0 Å². The molecule has 2 saturated heterocycles. The minimum atomic E-state index is -0.354. The number of amides is 2. The zero-order valence-electron chi connectivity index (χ0n) is 9.93. The van der Waals surface area contributed by atoms with Crippen LogP contribution in [0.1, 0.15) is 19.3 Å². The van der Waals surface area contributed by atoms with E-state index < -0.39 is 0 Å². The number of urea groups is 1. The summed E-state index contributed by atoms with van der Waals surface area (Å²) in [4.78, 5) is 13.0. The molecule has 2 fully saturated rings. The van der Waals surface area contributed by atoms with Crippen molar-refractivity contribution in [1.29, 1.82) is 0 Å². The second kappa shape index (κ2) is 6.18. The van der Waals surface area contributed by atoms with Crippen LogP contribution in [0, 0.1) is 0 Å². The Morgan fingerprint density at radius 2 is 2.29 bits per heavy atom. The van der Waals surface area contributed by atoms with E-state index in [-0.39, 0.29) is 18.4 Å². The van der Waals surface area contributed by atoms with Gasteiger partial charge in [0.15, 0.2) is 6.29 Å². The number of carbonyl (C=O) groups excluding carboxylic acids is 1. The standard InChI is InChI=1S/C11H20N2O4/c14-9-7-13(8-9)11(15)12-4-6-17-10-3-1-2-5-16-10/h9-10,14H,1-8H2,(H,12,15). The molecule has 17 heavy (non-hydrogen) atoms. The summed E-state index contributed by atoms with van der Waals surface area (Å²) in [5.74, 6) is 0. The van der Waals surface area contributed by atoms with Crippen molar-refractivity contribution < 1.29 is 19.4 Å². The molecular formula is C11H20N2O4. The molecule has 2 rings (SSSR count). The monoisotopic (exact) mass is 244 g/mol. The molecule has 0 aromatic heterocycles. The van der Waals surface area contributed by atoms with E-state index in [2.05, 4.69) is 5.32 Å². The molecule has 2 amide bonds. The molecule has 0 aromatic carbocycles. The molecule has 98 valence electrons. The average molecular weight is 244 g/mol. The molecule has 6 nitrogen and oxygen atoms in total. The number of aliphatic hydroxyl groups is 1. The summed E-state index contributed by atoms with van der Waals surface area (Å²) in [5.41, 5.74) is 0. The Kier molecular flexibility index (Phi) is 4.58. The molecule has 2 aliphatic heterocycles. The van der Waals surface area contributed by atoms with E-state index in [1.54, 1.807) is 4.90 Å². The Morgan fingerprint density at radius 3 is 2.94 bits per heavy atom. The predicted octanol–water partition coefficient (Wildman–Crippen LogP) is -0.0843. The van der Waals surface area contributed by atoms with Crippen molar-refractivity contribution in [3.63, 3.8) is 0 Å². The van der Waals surface area contributed by atoms with Crippen molar-refractivity contribution in [1.82, 2.24) is 10.2 Å². The minimum absolute atomic E-state index is 0.105. The topological polar surface area (TPSA) is 71.0 Å². The lowest BCUT2D eigenvalue weighted by molar-refractivity contribution is -0.161. The summed E-state index contributed by atoms with van der Waals surface area (Å²) >= 11 is 0. The van der Waals surface area contributed by atoms with E-state index in [9.17, 15) is 4.79 Å². The maximum absolute atomic E-state index is 11.4. The third kappa shape index (κ3) is 3.83. The molecular weight excluding hydrogens is 224 g/mol. The zero-order chi connectivity index (χ0) is 12.1. The van der Waals surface area contributed by atoms with E-state index in [0.717, 1.165) is 25.9 Å². The molecule has 0 spiro atoms. The van der Waals surface area contributed by atoms with Crippen LogP contribution in [0.2, 0.25) is 0 Å². The van der Waals surface area contributed by atoms with Gasteiger partial charge in [-0.05, 0) is 19.3 Å². The van der Waals surface area contributed by atoms with E-state index in [1.165, 1.54) is 0 Å². The highest BCUT2D eigenvalue weighted by molar-refractivity contribution is 5.75. The summed E-state index contributed by atoms with van der Waals surface area (Å²) < 4.78 is 10.9. The average Bonchev–Trinajstić information content (AvgIpc) is 2.32. The van der Waals surface area contributed by atoms with Gasteiger partial charge in [-0.2, -0.15) is 0 Å². The number of aliphatic hydroxyl groups excluding tert-OH is 1. The third-order valence-corrected chi connectivity index (χ3v) is 2.97. The van der Waals surface area contributed by atoms with Gasteiger partial charge in [0, 0.05) is 13.2 Å². The van der Waals surface area contributed by atoms with Crippen LogP contribution < -0.4 is 5.32 Å². The molecule has 0 aromatic rings. The summed E-state index contributed by atoms with van der Waals surface area (Å²) in [6.07, 6.45) is 2.72. The first-order chi connectivity index (χ1) is 8.25. The SMILES string of the molecule is O=C(NCCOC1CCCCO1)N1CC(O)C1. The Bertz CT molecular complexity index is 250. The van der Waals surface area contributed by atoms with Gasteiger partial charge in [-0.1, -0.05) is 0 Å². The number of β-amino-alcohol motifs (C(OH)–C–C–N with tert-alkyl or cyclic N) is 1. The zero-order valence-corrected chi connectivity index (χ0v) is 9.93. The Labute approximate surface area is 101 Å². The lowest BCUT2D eigenvalue weighted by Crippen LogP contribution is -2.57. The van der Waals surface area contributed by atoms with Crippen LogP contribution in [0.4, 0.5) is 4.79 Å². The fraction of sp³-hybridized carbons (Fsp3) is 0.909. The van der Waals surface area contributed by atoms with Gasteiger partial charge < -0.3 is 24.8 Å². The minimum Gasteiger partial charge on any atom is -0.389 e. The van der Waals surface area contributed by atoms with Crippen molar-refractivity contribution >= 4 is 6.03 Å². The van der Waals surface area contributed by atoms with Crippen molar-refractivity contribution in [3.05, 3.63) is 0 Å². The lowest BCUT2D eigenvalue weighted by atomic mass is 10.2. The number of nitrogens with zero attached hydrogens (tertiary/aromatic N) is 1. The molecule has 0 bridgehead atoms. The van der Waals surface area contributed by atoms with Gasteiger partial charge in [-0.3, -0.25) is 0 Å². The number of hydrogen-bond donors (Lipinski definition) is 2. The van der Waals surface area contributed by atoms with Crippen LogP contribution >= 0.6 is 0 Å². The van der Waals surface area contributed by atoms with Gasteiger partial charge in [0.2, 0.25) is 0 Å². The largest absolute Gasteiger partial charge is 0.389 e. The smallest absolute Gasteiger partial charge is 0.317 e. The van der Waals surface area contributed by atoms with Gasteiger partial charge in [-0.15, -0.1) is 0 Å². The number of ether oxygens (including phenoxy) is 2. The first kappa shape index (κ1) is 12.6. The summed E-state index contributed by atoms with van der Waals surface area (Å²) in [5, 5.41) is 11.8. The summed E-state index contributed by atoms with van der Waals surface area (Å²) in [6, 6.07) is -0.136. The van der Waals surface area contributed by atoms with E-state index >= 15 is 0 Å². The first-order valence-corrected chi connectivity index (χ1v) is 6.20. The quantitative estimate of drug-likeness (QED) is 0.678. The number of likely N-dealkylation sites (tertiary alicyclic amines) is 1. The number of rotatable bonds is 4. The molecule has 0 aliphatic carbocycles. The highest BCUT2D eigenvalue weighted by atomic mass is 16.7. The molecule has 2 N–H and O–H groups in total. The molecule has 2 heterocycles. The van der Waals surface area contributed by atoms with E-state index in [0.29, 0.717) is 26.2 Å². The van der Waals surface area contributed by atoms with Crippen LogP contribution in [-0.4, -0.2) is 61.3 Å². The molecule has 0 radical (unpaired) electrons. The second-order valence-electron chi connectivity index (χ2n) is 4.46. The normalized spacial score (nSPS) is 25.5. The highest BCUT2D eigenvalue weighted by Crippen LogP contribution is 2.13. The van der Waals surface area contributed by atoms with Crippen LogP contribution in [0.5, 0.6) is 0 Å². The Hall–Kier alpha value is -0.850. The lowest BCUT2D eigenvalue weighted by Gasteiger charge is -2.35. The fourth-order valence-corrected chi connectivity index (χ4v) is 1.92. The van der Waals surface area contributed by atoms with Gasteiger partial charge in [0.25, 0.3) is 0 Å². The maximum atomic E-state index is 11.4. The fourth-order valence-electron chi connectivity index (χ4n) is 1.92. The van der Waals surface area contributed by atoms with Crippen LogP contribution in [0.15, 0.2) is 0 Å². The van der Waals surface area contributed by atoms with Crippen LogP contribution in [0.3, 0.4) is 0 Å². The van der Waals surface area contributed by atoms with Crippen LogP contribution in [-0.2, 0) is 9.47 Å². The third-order valence-electron chi connectivity index (χ3n) is 2.97. The Morgan fingerprint density at radius 1 is 1.47 bits per heavy atom. The van der Waals surface area contributed by atoms with Crippen LogP contribution in [0.25, 0.3) is 0 Å². The van der Waals surface area contributed by atoms with Gasteiger partial charge in [0.05, 0.1) is 25.8 Å². The number of nitrogens with one attached hydrogen (secondary N) is 1. The molecule has 0 saturated carbocycles. The maximum Gasteiger partial charge on any atom is 0.317 e. The Balaban J connectivity index is 1.49. The number of hydrogen-bond acceptors (Lipinski definition) is 4. The molecule has 2 aliphatic rings. The first-order valence-electron chi connectivity index (χ1n) is 6.20.